The standard InChI is InChI=1S/C20H31ClN2O2/c1-5-7-8-15(6-2)20(25)23-18-13-16(9-10-17(18)21)19(24)22-12-11-14(3)4/h9-10,13-15H,5-8,11-12H2,1-4H3,(H,22,24)(H,23,25). The summed E-state index contributed by atoms with van der Waals surface area (Å²) in [6, 6.07) is 4.98. The van der Waals surface area contributed by atoms with Gasteiger partial charge in [0.15, 0.2) is 0 Å². The molecule has 140 valence electrons. The molecule has 2 N–H and O–H groups in total. The van der Waals surface area contributed by atoms with E-state index in [1.165, 1.54) is 0 Å². The smallest absolute Gasteiger partial charge is 0.251 e. The monoisotopic (exact) mass is 366 g/mol. The van der Waals surface area contributed by atoms with Crippen molar-refractivity contribution in [1.82, 2.24) is 5.32 Å². The van der Waals surface area contributed by atoms with Crippen molar-refractivity contribution in [3.05, 3.63) is 28.8 Å². The van der Waals surface area contributed by atoms with E-state index in [-0.39, 0.29) is 17.7 Å². The van der Waals surface area contributed by atoms with Gasteiger partial charge >= 0.3 is 0 Å². The van der Waals surface area contributed by atoms with Crippen LogP contribution in [0.15, 0.2) is 18.2 Å². The number of hydrogen-bond donors (Lipinski definition) is 2. The molecule has 1 aromatic carbocycles. The van der Waals surface area contributed by atoms with Gasteiger partial charge in [0.2, 0.25) is 5.91 Å². The van der Waals surface area contributed by atoms with Crippen LogP contribution < -0.4 is 10.6 Å². The topological polar surface area (TPSA) is 58.2 Å². The molecule has 0 fully saturated rings. The van der Waals surface area contributed by atoms with Crippen LogP contribution in [0.4, 0.5) is 5.69 Å². The molecule has 0 aliphatic carbocycles. The average Bonchev–Trinajstić information content (AvgIpc) is 2.57. The van der Waals surface area contributed by atoms with E-state index >= 15 is 0 Å². The molecule has 0 spiro atoms. The maximum absolute atomic E-state index is 12.5. The second-order valence-corrected chi connectivity index (χ2v) is 7.28. The van der Waals surface area contributed by atoms with Crippen LogP contribution in [-0.2, 0) is 4.79 Å². The minimum atomic E-state index is -0.147. The molecule has 0 aliphatic heterocycles. The molecule has 0 saturated heterocycles. The number of halogens is 1. The molecular weight excluding hydrogens is 336 g/mol. The van der Waals surface area contributed by atoms with Gasteiger partial charge in [-0.1, -0.05) is 52.1 Å². The van der Waals surface area contributed by atoms with Crippen molar-refractivity contribution in [2.24, 2.45) is 11.8 Å². The Kier molecular flexibility index (Phi) is 9.58. The number of nitrogens with one attached hydrogen (secondary N) is 2. The van der Waals surface area contributed by atoms with Gasteiger partial charge in [-0.25, -0.2) is 0 Å². The maximum atomic E-state index is 12.5. The minimum Gasteiger partial charge on any atom is -0.352 e. The van der Waals surface area contributed by atoms with Gasteiger partial charge in [-0.3, -0.25) is 9.59 Å². The summed E-state index contributed by atoms with van der Waals surface area (Å²) in [5, 5.41) is 6.23. The summed E-state index contributed by atoms with van der Waals surface area (Å²) in [5.74, 6) is 0.329. The van der Waals surface area contributed by atoms with Crippen molar-refractivity contribution in [3.63, 3.8) is 0 Å². The maximum Gasteiger partial charge on any atom is 0.251 e. The lowest BCUT2D eigenvalue weighted by molar-refractivity contribution is -0.120. The largest absolute Gasteiger partial charge is 0.352 e. The van der Waals surface area contributed by atoms with Gasteiger partial charge in [0.05, 0.1) is 10.7 Å². The molecule has 0 saturated carbocycles. The highest BCUT2D eigenvalue weighted by molar-refractivity contribution is 6.33. The molecule has 0 heterocycles. The second-order valence-electron chi connectivity index (χ2n) is 6.87. The highest BCUT2D eigenvalue weighted by Gasteiger charge is 2.18. The first-order valence-electron chi connectivity index (χ1n) is 9.27. The van der Waals surface area contributed by atoms with Crippen molar-refractivity contribution in [3.8, 4) is 0 Å². The van der Waals surface area contributed by atoms with Crippen LogP contribution in [0.3, 0.4) is 0 Å². The third kappa shape index (κ3) is 7.47. The molecule has 4 nitrogen and oxygen atoms in total. The van der Waals surface area contributed by atoms with Gasteiger partial charge in [-0.15, -0.1) is 0 Å². The SMILES string of the molecule is CCCCC(CC)C(=O)Nc1cc(C(=O)NCCC(C)C)ccc1Cl. The summed E-state index contributed by atoms with van der Waals surface area (Å²) in [5.41, 5.74) is 1.00. The number of carbonyl (C=O) groups is 2. The zero-order valence-electron chi connectivity index (χ0n) is 15.8. The highest BCUT2D eigenvalue weighted by Crippen LogP contribution is 2.25. The molecule has 5 heteroatoms. The fourth-order valence-electron chi connectivity index (χ4n) is 2.54. The van der Waals surface area contributed by atoms with Crippen LogP contribution in [0.25, 0.3) is 0 Å². The number of unbranched alkanes of at least 4 members (excludes halogenated alkanes) is 1. The Morgan fingerprint density at radius 1 is 1.16 bits per heavy atom. The number of benzene rings is 1. The molecule has 1 atom stereocenters. The average molecular weight is 367 g/mol. The van der Waals surface area contributed by atoms with E-state index in [1.807, 2.05) is 6.92 Å². The Morgan fingerprint density at radius 2 is 1.88 bits per heavy atom. The van der Waals surface area contributed by atoms with Crippen LogP contribution >= 0.6 is 11.6 Å². The summed E-state index contributed by atoms with van der Waals surface area (Å²) in [6.07, 6.45) is 4.68. The molecular formula is C20H31ClN2O2. The first-order chi connectivity index (χ1) is 11.9. The number of carbonyl (C=O) groups excluding carboxylic acids is 2. The van der Waals surface area contributed by atoms with E-state index in [0.29, 0.717) is 28.7 Å². The van der Waals surface area contributed by atoms with Crippen LogP contribution in [0.5, 0.6) is 0 Å². The Labute approximate surface area is 156 Å². The third-order valence-corrected chi connectivity index (χ3v) is 4.59. The van der Waals surface area contributed by atoms with E-state index in [2.05, 4.69) is 31.4 Å². The van der Waals surface area contributed by atoms with Crippen molar-refractivity contribution in [1.29, 1.82) is 0 Å². The van der Waals surface area contributed by atoms with Gasteiger partial charge < -0.3 is 10.6 Å². The van der Waals surface area contributed by atoms with Crippen LogP contribution in [-0.4, -0.2) is 18.4 Å². The molecule has 0 bridgehead atoms. The number of anilines is 1. The molecule has 1 unspecified atom stereocenters. The van der Waals surface area contributed by atoms with Crippen molar-refractivity contribution < 1.29 is 9.59 Å². The van der Waals surface area contributed by atoms with E-state index in [1.54, 1.807) is 18.2 Å². The zero-order chi connectivity index (χ0) is 18.8. The third-order valence-electron chi connectivity index (χ3n) is 4.26. The Hall–Kier alpha value is -1.55. The lowest BCUT2D eigenvalue weighted by Crippen LogP contribution is -2.26. The molecule has 0 aliphatic rings. The number of hydrogen-bond acceptors (Lipinski definition) is 2. The van der Waals surface area contributed by atoms with Gasteiger partial charge in [-0.05, 0) is 43.4 Å². The van der Waals surface area contributed by atoms with Crippen LogP contribution in [0.2, 0.25) is 5.02 Å². The Morgan fingerprint density at radius 3 is 2.48 bits per heavy atom. The van der Waals surface area contributed by atoms with Gasteiger partial charge in [0.1, 0.15) is 0 Å². The fraction of sp³-hybridized carbons (Fsp3) is 0.600. The Bertz CT molecular complexity index is 573. The van der Waals surface area contributed by atoms with Gasteiger partial charge in [-0.2, -0.15) is 0 Å². The summed E-state index contributed by atoms with van der Waals surface area (Å²) >= 11 is 6.20. The summed E-state index contributed by atoms with van der Waals surface area (Å²) in [4.78, 5) is 24.7. The van der Waals surface area contributed by atoms with E-state index in [0.717, 1.165) is 32.1 Å². The quantitative estimate of drug-likeness (QED) is 0.592. The normalized spacial score (nSPS) is 12.1. The highest BCUT2D eigenvalue weighted by atomic mass is 35.5. The lowest BCUT2D eigenvalue weighted by atomic mass is 9.98. The summed E-state index contributed by atoms with van der Waals surface area (Å²) in [6.45, 7) is 8.99. The predicted molar refractivity (Wildman–Crippen MR) is 105 cm³/mol. The fourth-order valence-corrected chi connectivity index (χ4v) is 2.71. The van der Waals surface area contributed by atoms with Crippen molar-refractivity contribution in [2.45, 2.75) is 59.8 Å². The van der Waals surface area contributed by atoms with E-state index in [4.69, 9.17) is 11.6 Å². The van der Waals surface area contributed by atoms with E-state index in [9.17, 15) is 9.59 Å². The molecule has 25 heavy (non-hydrogen) atoms. The van der Waals surface area contributed by atoms with Crippen LogP contribution in [0, 0.1) is 11.8 Å². The molecule has 1 rings (SSSR count). The summed E-state index contributed by atoms with van der Waals surface area (Å²) in [7, 11) is 0. The summed E-state index contributed by atoms with van der Waals surface area (Å²) < 4.78 is 0. The van der Waals surface area contributed by atoms with E-state index < -0.39 is 0 Å². The Balaban J connectivity index is 2.76. The second kappa shape index (κ2) is 11.1. The van der Waals surface area contributed by atoms with Gasteiger partial charge in [0.25, 0.3) is 5.91 Å². The molecule has 2 amide bonds. The lowest BCUT2D eigenvalue weighted by Gasteiger charge is -2.16. The number of amides is 2. The molecule has 1 aromatic rings. The first kappa shape index (κ1) is 21.5. The van der Waals surface area contributed by atoms with Crippen molar-refractivity contribution >= 4 is 29.1 Å². The molecule has 0 aromatic heterocycles. The minimum absolute atomic E-state index is 0.0282. The van der Waals surface area contributed by atoms with Crippen molar-refractivity contribution in [2.75, 3.05) is 11.9 Å². The molecule has 0 radical (unpaired) electrons. The first-order valence-corrected chi connectivity index (χ1v) is 9.65. The number of rotatable bonds is 10. The zero-order valence-corrected chi connectivity index (χ0v) is 16.6. The predicted octanol–water partition coefficient (Wildman–Crippen LogP) is 5.27. The van der Waals surface area contributed by atoms with Gasteiger partial charge in [0, 0.05) is 18.0 Å². The van der Waals surface area contributed by atoms with Crippen LogP contribution in [0.1, 0.15) is 70.2 Å².